The monoisotopic (exact) mass is 291 g/mol. The number of carbonyl (C=O) groups excluding carboxylic acids is 1. The van der Waals surface area contributed by atoms with Crippen molar-refractivity contribution >= 4 is 17.5 Å². The van der Waals surface area contributed by atoms with Crippen molar-refractivity contribution in [1.82, 2.24) is 15.3 Å². The molecule has 6 heteroatoms. The number of nitrogens with two attached hydrogens (primary N) is 1. The van der Waals surface area contributed by atoms with E-state index < -0.39 is 0 Å². The van der Waals surface area contributed by atoms with E-state index in [1.165, 1.54) is 0 Å². The number of amides is 1. The molecule has 0 aromatic carbocycles. The highest BCUT2D eigenvalue weighted by Crippen LogP contribution is 2.28. The van der Waals surface area contributed by atoms with Gasteiger partial charge in [0.2, 0.25) is 5.91 Å². The minimum absolute atomic E-state index is 0.107. The Kier molecular flexibility index (Phi) is 4.65. The van der Waals surface area contributed by atoms with Crippen molar-refractivity contribution in [2.45, 2.75) is 39.5 Å². The molecule has 1 aliphatic heterocycles. The van der Waals surface area contributed by atoms with Crippen LogP contribution >= 0.6 is 0 Å². The normalized spacial score (nSPS) is 16.3. The van der Waals surface area contributed by atoms with Crippen molar-refractivity contribution in [3.63, 3.8) is 0 Å². The van der Waals surface area contributed by atoms with Gasteiger partial charge in [-0.3, -0.25) is 4.79 Å². The Bertz CT molecular complexity index is 521. The van der Waals surface area contributed by atoms with Crippen LogP contribution in [-0.4, -0.2) is 36.0 Å². The van der Waals surface area contributed by atoms with Crippen LogP contribution in [0.5, 0.6) is 0 Å². The smallest absolute Gasteiger partial charge is 0.222 e. The van der Waals surface area contributed by atoms with Gasteiger partial charge in [0.25, 0.3) is 0 Å². The van der Waals surface area contributed by atoms with Crippen LogP contribution in [0.25, 0.3) is 0 Å². The van der Waals surface area contributed by atoms with E-state index >= 15 is 0 Å². The van der Waals surface area contributed by atoms with E-state index in [9.17, 15) is 4.79 Å². The van der Waals surface area contributed by atoms with Gasteiger partial charge >= 0.3 is 0 Å². The maximum Gasteiger partial charge on any atom is 0.222 e. The molecule has 0 bridgehead atoms. The highest BCUT2D eigenvalue weighted by atomic mass is 16.1. The van der Waals surface area contributed by atoms with Crippen LogP contribution in [0.3, 0.4) is 0 Å². The van der Waals surface area contributed by atoms with Gasteiger partial charge in [-0.05, 0) is 19.8 Å². The molecule has 0 radical (unpaired) electrons. The molecule has 1 fully saturated rings. The lowest BCUT2D eigenvalue weighted by Crippen LogP contribution is -2.40. The van der Waals surface area contributed by atoms with Crippen molar-refractivity contribution in [3.05, 3.63) is 11.4 Å². The van der Waals surface area contributed by atoms with Crippen molar-refractivity contribution in [1.29, 1.82) is 0 Å². The zero-order valence-corrected chi connectivity index (χ0v) is 13.3. The van der Waals surface area contributed by atoms with Crippen LogP contribution in [0, 0.1) is 12.8 Å². The van der Waals surface area contributed by atoms with Gasteiger partial charge in [-0.15, -0.1) is 0 Å². The lowest BCUT2D eigenvalue weighted by molar-refractivity contribution is -0.125. The number of aromatic nitrogens is 2. The number of rotatable bonds is 3. The summed E-state index contributed by atoms with van der Waals surface area (Å²) < 4.78 is 0. The Morgan fingerprint density at radius 3 is 2.48 bits per heavy atom. The van der Waals surface area contributed by atoms with Gasteiger partial charge < -0.3 is 16.0 Å². The average molecular weight is 291 g/mol. The zero-order valence-electron chi connectivity index (χ0n) is 13.3. The molecule has 2 heterocycles. The molecular weight excluding hydrogens is 266 g/mol. The third-order valence-electron chi connectivity index (χ3n) is 4.10. The number of hydrogen-bond donors (Lipinski definition) is 2. The minimum atomic E-state index is 0.107. The number of nitrogens with one attached hydrogen (secondary N) is 1. The van der Waals surface area contributed by atoms with Gasteiger partial charge in [0.05, 0.1) is 0 Å². The van der Waals surface area contributed by atoms with Crippen molar-refractivity contribution < 1.29 is 4.79 Å². The van der Waals surface area contributed by atoms with Gasteiger partial charge in [-0.25, -0.2) is 9.97 Å². The summed E-state index contributed by atoms with van der Waals surface area (Å²) in [6.45, 7) is 7.73. The SMILES string of the molecule is CNC(=O)C1CCN(c2nc(C(C)C)nc(N)c2C)CC1. The summed E-state index contributed by atoms with van der Waals surface area (Å²) in [5, 5.41) is 2.73. The van der Waals surface area contributed by atoms with Crippen molar-refractivity contribution in [3.8, 4) is 0 Å². The van der Waals surface area contributed by atoms with Crippen LogP contribution in [0.1, 0.15) is 44.0 Å². The summed E-state index contributed by atoms with van der Waals surface area (Å²) in [5.74, 6) is 2.74. The zero-order chi connectivity index (χ0) is 15.6. The van der Waals surface area contributed by atoms with Crippen LogP contribution in [0.4, 0.5) is 11.6 Å². The fourth-order valence-corrected chi connectivity index (χ4v) is 2.66. The summed E-state index contributed by atoms with van der Waals surface area (Å²) in [5.41, 5.74) is 6.95. The fraction of sp³-hybridized carbons (Fsp3) is 0.667. The molecule has 0 aliphatic carbocycles. The first kappa shape index (κ1) is 15.5. The first-order chi connectivity index (χ1) is 9.93. The summed E-state index contributed by atoms with van der Waals surface area (Å²) in [4.78, 5) is 23.0. The molecule has 3 N–H and O–H groups in total. The van der Waals surface area contributed by atoms with Crippen LogP contribution in [0.15, 0.2) is 0 Å². The molecule has 1 aromatic heterocycles. The van der Waals surface area contributed by atoms with E-state index in [-0.39, 0.29) is 17.7 Å². The second kappa shape index (κ2) is 6.28. The van der Waals surface area contributed by atoms with Gasteiger partial charge in [0, 0.05) is 37.5 Å². The third kappa shape index (κ3) is 3.25. The largest absolute Gasteiger partial charge is 0.383 e. The van der Waals surface area contributed by atoms with Gasteiger partial charge in [-0.2, -0.15) is 0 Å². The molecule has 1 aromatic rings. The Hall–Kier alpha value is -1.85. The molecule has 6 nitrogen and oxygen atoms in total. The Balaban J connectivity index is 2.18. The Labute approximate surface area is 126 Å². The first-order valence-corrected chi connectivity index (χ1v) is 7.54. The number of anilines is 2. The first-order valence-electron chi connectivity index (χ1n) is 7.54. The predicted molar refractivity (Wildman–Crippen MR) is 84.3 cm³/mol. The molecule has 1 aliphatic rings. The van der Waals surface area contributed by atoms with E-state index in [1.807, 2.05) is 6.92 Å². The van der Waals surface area contributed by atoms with Crippen LogP contribution in [0.2, 0.25) is 0 Å². The number of piperidine rings is 1. The molecule has 0 spiro atoms. The lowest BCUT2D eigenvalue weighted by atomic mass is 9.96. The van der Waals surface area contributed by atoms with Crippen molar-refractivity contribution in [2.24, 2.45) is 5.92 Å². The topological polar surface area (TPSA) is 84.1 Å². The van der Waals surface area contributed by atoms with Crippen LogP contribution in [-0.2, 0) is 4.79 Å². The van der Waals surface area contributed by atoms with E-state index in [0.29, 0.717) is 5.82 Å². The average Bonchev–Trinajstić information content (AvgIpc) is 2.49. The highest BCUT2D eigenvalue weighted by Gasteiger charge is 2.26. The van der Waals surface area contributed by atoms with E-state index in [2.05, 4.69) is 34.0 Å². The molecular formula is C15H25N5O. The molecule has 0 atom stereocenters. The van der Waals surface area contributed by atoms with E-state index in [0.717, 1.165) is 43.1 Å². The Morgan fingerprint density at radius 1 is 1.33 bits per heavy atom. The molecule has 0 unspecified atom stereocenters. The maximum absolute atomic E-state index is 11.7. The third-order valence-corrected chi connectivity index (χ3v) is 4.10. The van der Waals surface area contributed by atoms with E-state index in [1.54, 1.807) is 7.05 Å². The molecule has 1 saturated heterocycles. The molecule has 1 amide bonds. The summed E-state index contributed by atoms with van der Waals surface area (Å²) >= 11 is 0. The summed E-state index contributed by atoms with van der Waals surface area (Å²) in [7, 11) is 1.69. The van der Waals surface area contributed by atoms with E-state index in [4.69, 9.17) is 5.73 Å². The number of carbonyl (C=O) groups is 1. The standard InChI is InChI=1S/C15H25N5O/c1-9(2)13-18-12(16)10(3)14(19-13)20-7-5-11(6-8-20)15(21)17-4/h9,11H,5-8H2,1-4H3,(H,17,21)(H2,16,18,19). The highest BCUT2D eigenvalue weighted by molar-refractivity contribution is 5.78. The summed E-state index contributed by atoms with van der Waals surface area (Å²) in [6.07, 6.45) is 1.69. The van der Waals surface area contributed by atoms with Gasteiger partial charge in [0.1, 0.15) is 17.5 Å². The van der Waals surface area contributed by atoms with Crippen LogP contribution < -0.4 is 16.0 Å². The minimum Gasteiger partial charge on any atom is -0.383 e. The van der Waals surface area contributed by atoms with Crippen molar-refractivity contribution in [2.75, 3.05) is 30.8 Å². The number of hydrogen-bond acceptors (Lipinski definition) is 5. The lowest BCUT2D eigenvalue weighted by Gasteiger charge is -2.33. The molecule has 21 heavy (non-hydrogen) atoms. The molecule has 0 saturated carbocycles. The number of nitrogens with zero attached hydrogens (tertiary/aromatic N) is 3. The molecule has 2 rings (SSSR count). The summed E-state index contributed by atoms with van der Waals surface area (Å²) in [6, 6.07) is 0. The Morgan fingerprint density at radius 2 is 1.95 bits per heavy atom. The second-order valence-corrected chi connectivity index (χ2v) is 5.95. The number of nitrogen functional groups attached to an aromatic ring is 1. The van der Waals surface area contributed by atoms with Gasteiger partial charge in [0.15, 0.2) is 0 Å². The molecule has 116 valence electrons. The quantitative estimate of drug-likeness (QED) is 0.880. The van der Waals surface area contributed by atoms with Gasteiger partial charge in [-0.1, -0.05) is 13.8 Å². The fourth-order valence-electron chi connectivity index (χ4n) is 2.66. The second-order valence-electron chi connectivity index (χ2n) is 5.95. The maximum atomic E-state index is 11.7. The predicted octanol–water partition coefficient (Wildman–Crippen LogP) is 1.45.